The highest BCUT2D eigenvalue weighted by atomic mass is 35.5. The molecule has 0 amide bonds. The van der Waals surface area contributed by atoms with Crippen LogP contribution in [0.5, 0.6) is 0 Å². The lowest BCUT2D eigenvalue weighted by molar-refractivity contribution is 0.598. The monoisotopic (exact) mass is 461 g/mol. The van der Waals surface area contributed by atoms with Crippen molar-refractivity contribution in [2.45, 2.75) is 16.7 Å². The van der Waals surface area contributed by atoms with Crippen molar-refractivity contribution in [3.05, 3.63) is 82.9 Å². The van der Waals surface area contributed by atoms with Gasteiger partial charge in [0, 0.05) is 5.02 Å². The number of nitrogens with zero attached hydrogens (tertiary/aromatic N) is 1. The van der Waals surface area contributed by atoms with Gasteiger partial charge in [0.2, 0.25) is 0 Å². The normalized spacial score (nSPS) is 11.5. The summed E-state index contributed by atoms with van der Waals surface area (Å²) in [6, 6.07) is 17.7. The number of anilines is 2. The zero-order valence-corrected chi connectivity index (χ0v) is 18.0. The Kier molecular flexibility index (Phi) is 6.03. The summed E-state index contributed by atoms with van der Waals surface area (Å²) in [6.07, 6.45) is 0. The standard InChI is InChI=1S/C20H16ClN3O4S2/c1-14-5-8-18(23-29(25,26)19-9-6-15(13-22)7-10-19)12-20(14)30(27,28)24-17-4-2-3-16(21)11-17/h2-12,23-24H,1H3. The van der Waals surface area contributed by atoms with E-state index in [0.717, 1.165) is 0 Å². The van der Waals surface area contributed by atoms with Crippen LogP contribution in [0.25, 0.3) is 0 Å². The lowest BCUT2D eigenvalue weighted by Gasteiger charge is -2.13. The summed E-state index contributed by atoms with van der Waals surface area (Å²) >= 11 is 5.90. The summed E-state index contributed by atoms with van der Waals surface area (Å²) in [5, 5.41) is 9.21. The van der Waals surface area contributed by atoms with E-state index in [1.54, 1.807) is 25.1 Å². The van der Waals surface area contributed by atoms with Crippen molar-refractivity contribution in [2.75, 3.05) is 9.44 Å². The molecule has 0 atom stereocenters. The quantitative estimate of drug-likeness (QED) is 0.572. The SMILES string of the molecule is Cc1ccc(NS(=O)(=O)c2ccc(C#N)cc2)cc1S(=O)(=O)Nc1cccc(Cl)c1. The molecule has 2 N–H and O–H groups in total. The molecule has 0 aliphatic rings. The van der Waals surface area contributed by atoms with E-state index in [0.29, 0.717) is 16.1 Å². The Hall–Kier alpha value is -3.06. The second-order valence-electron chi connectivity index (χ2n) is 6.34. The predicted octanol–water partition coefficient (Wildman–Crippen LogP) is 4.12. The van der Waals surface area contributed by atoms with Gasteiger partial charge in [-0.25, -0.2) is 16.8 Å². The largest absolute Gasteiger partial charge is 0.280 e. The highest BCUT2D eigenvalue weighted by Crippen LogP contribution is 2.25. The van der Waals surface area contributed by atoms with Crippen molar-refractivity contribution in [3.63, 3.8) is 0 Å². The van der Waals surface area contributed by atoms with Gasteiger partial charge in [-0.1, -0.05) is 23.7 Å². The highest BCUT2D eigenvalue weighted by Gasteiger charge is 2.20. The van der Waals surface area contributed by atoms with Crippen LogP contribution in [0.4, 0.5) is 11.4 Å². The third-order valence-electron chi connectivity index (χ3n) is 4.10. The van der Waals surface area contributed by atoms with Crippen molar-refractivity contribution >= 4 is 43.0 Å². The van der Waals surface area contributed by atoms with Gasteiger partial charge in [0.25, 0.3) is 20.0 Å². The second kappa shape index (κ2) is 8.36. The molecule has 3 rings (SSSR count). The van der Waals surface area contributed by atoms with Crippen LogP contribution in [0.1, 0.15) is 11.1 Å². The summed E-state index contributed by atoms with van der Waals surface area (Å²) in [5.41, 5.74) is 1.12. The van der Waals surface area contributed by atoms with E-state index in [1.165, 1.54) is 48.5 Å². The fraction of sp³-hybridized carbons (Fsp3) is 0.0500. The molecule has 0 saturated heterocycles. The molecule has 0 spiro atoms. The van der Waals surface area contributed by atoms with Gasteiger partial charge in [0.1, 0.15) is 0 Å². The van der Waals surface area contributed by atoms with Crippen LogP contribution in [0.2, 0.25) is 5.02 Å². The summed E-state index contributed by atoms with van der Waals surface area (Å²) in [4.78, 5) is -0.133. The number of rotatable bonds is 6. The van der Waals surface area contributed by atoms with Gasteiger partial charge in [-0.05, 0) is 67.1 Å². The molecule has 0 aliphatic carbocycles. The Balaban J connectivity index is 1.91. The van der Waals surface area contributed by atoms with Gasteiger partial charge in [0.05, 0.1) is 32.8 Å². The summed E-state index contributed by atoms with van der Waals surface area (Å²) in [5.74, 6) is 0. The molecule has 0 aromatic heterocycles. The minimum absolute atomic E-state index is 0.0523. The fourth-order valence-electron chi connectivity index (χ4n) is 2.64. The number of hydrogen-bond acceptors (Lipinski definition) is 5. The highest BCUT2D eigenvalue weighted by molar-refractivity contribution is 7.93. The average molecular weight is 462 g/mol. The number of aryl methyl sites for hydroxylation is 1. The summed E-state index contributed by atoms with van der Waals surface area (Å²) < 4.78 is 55.7. The first kappa shape index (κ1) is 21.6. The van der Waals surface area contributed by atoms with Crippen LogP contribution in [0.15, 0.2) is 76.5 Å². The maximum absolute atomic E-state index is 12.8. The number of halogens is 1. The van der Waals surface area contributed by atoms with Crippen LogP contribution in [0.3, 0.4) is 0 Å². The van der Waals surface area contributed by atoms with E-state index < -0.39 is 20.0 Å². The number of sulfonamides is 2. The van der Waals surface area contributed by atoms with E-state index in [1.807, 2.05) is 6.07 Å². The molecule has 0 heterocycles. The lowest BCUT2D eigenvalue weighted by atomic mass is 10.2. The zero-order chi connectivity index (χ0) is 21.9. The van der Waals surface area contributed by atoms with Crippen molar-refractivity contribution in [1.82, 2.24) is 0 Å². The average Bonchev–Trinajstić information content (AvgIpc) is 2.69. The first-order valence-electron chi connectivity index (χ1n) is 8.53. The molecule has 30 heavy (non-hydrogen) atoms. The van der Waals surface area contributed by atoms with Gasteiger partial charge < -0.3 is 0 Å². The van der Waals surface area contributed by atoms with E-state index in [9.17, 15) is 16.8 Å². The maximum Gasteiger partial charge on any atom is 0.262 e. The number of nitriles is 1. The topological polar surface area (TPSA) is 116 Å². The van der Waals surface area contributed by atoms with Gasteiger partial charge >= 0.3 is 0 Å². The Bertz CT molecular complexity index is 1350. The van der Waals surface area contributed by atoms with Crippen molar-refractivity contribution in [3.8, 4) is 6.07 Å². The smallest absolute Gasteiger partial charge is 0.262 e. The molecule has 7 nitrogen and oxygen atoms in total. The van der Waals surface area contributed by atoms with E-state index in [-0.39, 0.29) is 21.2 Å². The van der Waals surface area contributed by atoms with Gasteiger partial charge in [-0.2, -0.15) is 5.26 Å². The van der Waals surface area contributed by atoms with Crippen LogP contribution in [-0.4, -0.2) is 16.8 Å². The van der Waals surface area contributed by atoms with Crippen LogP contribution in [0, 0.1) is 18.3 Å². The van der Waals surface area contributed by atoms with Gasteiger partial charge in [-0.15, -0.1) is 0 Å². The minimum atomic E-state index is -3.99. The first-order chi connectivity index (χ1) is 14.1. The third-order valence-corrected chi connectivity index (χ3v) is 7.26. The number of benzene rings is 3. The molecule has 10 heteroatoms. The van der Waals surface area contributed by atoms with Gasteiger partial charge in [-0.3, -0.25) is 9.44 Å². The predicted molar refractivity (Wildman–Crippen MR) is 115 cm³/mol. The Morgan fingerprint density at radius 1 is 0.833 bits per heavy atom. The fourth-order valence-corrected chi connectivity index (χ4v) is 5.20. The number of nitrogens with one attached hydrogen (secondary N) is 2. The Morgan fingerprint density at radius 3 is 2.10 bits per heavy atom. The van der Waals surface area contributed by atoms with Crippen LogP contribution in [-0.2, 0) is 20.0 Å². The van der Waals surface area contributed by atoms with E-state index in [4.69, 9.17) is 16.9 Å². The molecule has 0 radical (unpaired) electrons. The van der Waals surface area contributed by atoms with Crippen molar-refractivity contribution in [1.29, 1.82) is 5.26 Å². The molecule has 0 bridgehead atoms. The van der Waals surface area contributed by atoms with Crippen LogP contribution >= 0.6 is 11.6 Å². The molecular formula is C20H16ClN3O4S2. The second-order valence-corrected chi connectivity index (χ2v) is 10.1. The molecule has 3 aromatic carbocycles. The molecule has 3 aromatic rings. The zero-order valence-electron chi connectivity index (χ0n) is 15.6. The molecule has 0 unspecified atom stereocenters. The Labute approximate surface area is 180 Å². The van der Waals surface area contributed by atoms with Gasteiger partial charge in [0.15, 0.2) is 0 Å². The van der Waals surface area contributed by atoms with Crippen molar-refractivity contribution in [2.24, 2.45) is 0 Å². The van der Waals surface area contributed by atoms with E-state index in [2.05, 4.69) is 9.44 Å². The number of hydrogen-bond donors (Lipinski definition) is 2. The van der Waals surface area contributed by atoms with Crippen LogP contribution < -0.4 is 9.44 Å². The first-order valence-corrected chi connectivity index (χ1v) is 11.9. The Morgan fingerprint density at radius 2 is 1.47 bits per heavy atom. The molecular weight excluding hydrogens is 446 g/mol. The third kappa shape index (κ3) is 4.91. The van der Waals surface area contributed by atoms with E-state index >= 15 is 0 Å². The summed E-state index contributed by atoms with van der Waals surface area (Å²) in [7, 11) is -7.96. The van der Waals surface area contributed by atoms with Crippen molar-refractivity contribution < 1.29 is 16.8 Å². The molecule has 0 saturated carbocycles. The molecule has 0 aliphatic heterocycles. The lowest BCUT2D eigenvalue weighted by Crippen LogP contribution is -2.16. The summed E-state index contributed by atoms with van der Waals surface area (Å²) in [6.45, 7) is 1.60. The molecule has 0 fully saturated rings. The minimum Gasteiger partial charge on any atom is -0.280 e. The maximum atomic E-state index is 12.8. The molecule has 154 valence electrons.